The van der Waals surface area contributed by atoms with E-state index in [2.05, 4.69) is 5.32 Å². The SMILES string of the molecule is CNC(=O)C(C)(O)c1ccc(C(=O)O)cc1. The summed E-state index contributed by atoms with van der Waals surface area (Å²) in [6, 6.07) is 5.52. The molecule has 0 aliphatic rings. The molecule has 0 saturated heterocycles. The van der Waals surface area contributed by atoms with Gasteiger partial charge in [-0.2, -0.15) is 0 Å². The Morgan fingerprint density at radius 3 is 2.12 bits per heavy atom. The number of amides is 1. The van der Waals surface area contributed by atoms with Gasteiger partial charge in [0.15, 0.2) is 5.60 Å². The number of rotatable bonds is 3. The minimum atomic E-state index is -1.66. The second kappa shape index (κ2) is 4.32. The van der Waals surface area contributed by atoms with Crippen molar-refractivity contribution in [1.82, 2.24) is 5.32 Å². The van der Waals surface area contributed by atoms with Gasteiger partial charge in [-0.3, -0.25) is 4.79 Å². The van der Waals surface area contributed by atoms with E-state index in [9.17, 15) is 14.7 Å². The molecule has 1 aromatic rings. The Hall–Kier alpha value is -1.88. The number of carboxylic acids is 1. The van der Waals surface area contributed by atoms with Crippen LogP contribution in [-0.4, -0.2) is 29.1 Å². The van der Waals surface area contributed by atoms with Gasteiger partial charge in [0.05, 0.1) is 5.56 Å². The highest BCUT2D eigenvalue weighted by molar-refractivity contribution is 5.88. The predicted molar refractivity (Wildman–Crippen MR) is 57.0 cm³/mol. The van der Waals surface area contributed by atoms with E-state index >= 15 is 0 Å². The average molecular weight is 223 g/mol. The van der Waals surface area contributed by atoms with Crippen LogP contribution in [0.2, 0.25) is 0 Å². The van der Waals surface area contributed by atoms with Gasteiger partial charge >= 0.3 is 5.97 Å². The van der Waals surface area contributed by atoms with E-state index in [1.807, 2.05) is 0 Å². The Morgan fingerprint density at radius 2 is 1.75 bits per heavy atom. The maximum atomic E-state index is 11.4. The summed E-state index contributed by atoms with van der Waals surface area (Å²) in [5, 5.41) is 21.0. The highest BCUT2D eigenvalue weighted by Gasteiger charge is 2.31. The topological polar surface area (TPSA) is 86.6 Å². The Morgan fingerprint density at radius 1 is 1.25 bits per heavy atom. The molecule has 0 saturated carbocycles. The van der Waals surface area contributed by atoms with Crippen molar-refractivity contribution in [3.63, 3.8) is 0 Å². The lowest BCUT2D eigenvalue weighted by molar-refractivity contribution is -0.138. The van der Waals surface area contributed by atoms with Crippen LogP contribution in [0.4, 0.5) is 0 Å². The molecule has 0 fully saturated rings. The Labute approximate surface area is 92.7 Å². The van der Waals surface area contributed by atoms with E-state index in [0.717, 1.165) is 0 Å². The van der Waals surface area contributed by atoms with Crippen molar-refractivity contribution in [1.29, 1.82) is 0 Å². The molecule has 0 spiro atoms. The number of benzene rings is 1. The molecule has 5 nitrogen and oxygen atoms in total. The number of likely N-dealkylation sites (N-methyl/N-ethyl adjacent to an activating group) is 1. The average Bonchev–Trinajstić information content (AvgIpc) is 2.28. The second-order valence-corrected chi connectivity index (χ2v) is 3.53. The van der Waals surface area contributed by atoms with Gasteiger partial charge in [0.1, 0.15) is 0 Å². The Kier molecular flexibility index (Phi) is 3.29. The van der Waals surface area contributed by atoms with E-state index in [-0.39, 0.29) is 5.56 Å². The molecule has 5 heteroatoms. The molecule has 3 N–H and O–H groups in total. The summed E-state index contributed by atoms with van der Waals surface area (Å²) >= 11 is 0. The number of carboxylic acid groups (broad SMARTS) is 1. The minimum absolute atomic E-state index is 0.108. The number of hydrogen-bond donors (Lipinski definition) is 3. The van der Waals surface area contributed by atoms with Crippen LogP contribution in [0.1, 0.15) is 22.8 Å². The van der Waals surface area contributed by atoms with Crippen LogP contribution in [0.3, 0.4) is 0 Å². The molecule has 0 heterocycles. The van der Waals surface area contributed by atoms with E-state index in [4.69, 9.17) is 5.11 Å². The van der Waals surface area contributed by atoms with E-state index < -0.39 is 17.5 Å². The fraction of sp³-hybridized carbons (Fsp3) is 0.273. The smallest absolute Gasteiger partial charge is 0.335 e. The fourth-order valence-electron chi connectivity index (χ4n) is 1.31. The molecule has 0 radical (unpaired) electrons. The zero-order valence-electron chi connectivity index (χ0n) is 9.02. The van der Waals surface area contributed by atoms with Crippen molar-refractivity contribution in [3.05, 3.63) is 35.4 Å². The van der Waals surface area contributed by atoms with Crippen molar-refractivity contribution in [2.24, 2.45) is 0 Å². The number of hydrogen-bond acceptors (Lipinski definition) is 3. The zero-order valence-corrected chi connectivity index (χ0v) is 9.02. The van der Waals surface area contributed by atoms with Crippen LogP contribution >= 0.6 is 0 Å². The predicted octanol–water partition coefficient (Wildman–Crippen LogP) is 0.338. The minimum Gasteiger partial charge on any atom is -0.478 e. The molecule has 1 unspecified atom stereocenters. The molecule has 86 valence electrons. The highest BCUT2D eigenvalue weighted by atomic mass is 16.4. The van der Waals surface area contributed by atoms with Gasteiger partial charge in [-0.25, -0.2) is 4.79 Å². The third kappa shape index (κ3) is 2.20. The largest absolute Gasteiger partial charge is 0.478 e. The van der Waals surface area contributed by atoms with E-state index in [1.165, 1.54) is 38.2 Å². The first kappa shape index (κ1) is 12.2. The van der Waals surface area contributed by atoms with Gasteiger partial charge in [0, 0.05) is 7.05 Å². The lowest BCUT2D eigenvalue weighted by atomic mass is 9.94. The van der Waals surface area contributed by atoms with E-state index in [0.29, 0.717) is 5.56 Å². The van der Waals surface area contributed by atoms with Crippen LogP contribution in [0.25, 0.3) is 0 Å². The maximum absolute atomic E-state index is 11.4. The third-order valence-electron chi connectivity index (χ3n) is 2.36. The molecule has 0 aliphatic carbocycles. The lowest BCUT2D eigenvalue weighted by Gasteiger charge is -2.21. The Balaban J connectivity index is 3.06. The molecule has 1 aromatic carbocycles. The van der Waals surface area contributed by atoms with Gasteiger partial charge in [0.2, 0.25) is 0 Å². The first-order valence-corrected chi connectivity index (χ1v) is 4.68. The van der Waals surface area contributed by atoms with Crippen LogP contribution in [0, 0.1) is 0 Å². The summed E-state index contributed by atoms with van der Waals surface area (Å²) in [6.07, 6.45) is 0. The number of nitrogens with one attached hydrogen (secondary N) is 1. The van der Waals surface area contributed by atoms with E-state index in [1.54, 1.807) is 0 Å². The molecular formula is C11H13NO4. The first-order valence-electron chi connectivity index (χ1n) is 4.68. The van der Waals surface area contributed by atoms with Crippen LogP contribution < -0.4 is 5.32 Å². The van der Waals surface area contributed by atoms with Gasteiger partial charge in [-0.1, -0.05) is 12.1 Å². The summed E-state index contributed by atoms with van der Waals surface area (Å²) in [7, 11) is 1.42. The van der Waals surface area contributed by atoms with Gasteiger partial charge < -0.3 is 15.5 Å². The second-order valence-electron chi connectivity index (χ2n) is 3.53. The van der Waals surface area contributed by atoms with Crippen molar-refractivity contribution >= 4 is 11.9 Å². The standard InChI is InChI=1S/C11H13NO4/c1-11(16,10(15)12-2)8-5-3-7(4-6-8)9(13)14/h3-6,16H,1-2H3,(H,12,15)(H,13,14). The quantitative estimate of drug-likeness (QED) is 0.689. The fourth-order valence-corrected chi connectivity index (χ4v) is 1.31. The maximum Gasteiger partial charge on any atom is 0.335 e. The zero-order chi connectivity index (χ0) is 12.3. The van der Waals surface area contributed by atoms with Crippen molar-refractivity contribution in [2.75, 3.05) is 7.05 Å². The van der Waals surface area contributed by atoms with Crippen molar-refractivity contribution < 1.29 is 19.8 Å². The molecule has 1 amide bonds. The van der Waals surface area contributed by atoms with Crippen molar-refractivity contribution in [3.8, 4) is 0 Å². The van der Waals surface area contributed by atoms with Gasteiger partial charge in [-0.05, 0) is 24.6 Å². The number of carbonyl (C=O) groups is 2. The molecule has 0 aliphatic heterocycles. The number of carbonyl (C=O) groups excluding carboxylic acids is 1. The molecule has 0 bridgehead atoms. The van der Waals surface area contributed by atoms with Crippen LogP contribution in [-0.2, 0) is 10.4 Å². The highest BCUT2D eigenvalue weighted by Crippen LogP contribution is 2.21. The van der Waals surface area contributed by atoms with Crippen LogP contribution in [0.15, 0.2) is 24.3 Å². The van der Waals surface area contributed by atoms with Crippen molar-refractivity contribution in [2.45, 2.75) is 12.5 Å². The summed E-state index contributed by atoms with van der Waals surface area (Å²) in [5.74, 6) is -1.60. The summed E-state index contributed by atoms with van der Waals surface area (Å²) < 4.78 is 0. The molecule has 1 rings (SSSR count). The summed E-state index contributed by atoms with van der Waals surface area (Å²) in [5.41, 5.74) is -1.21. The summed E-state index contributed by atoms with van der Waals surface area (Å²) in [6.45, 7) is 1.35. The molecular weight excluding hydrogens is 210 g/mol. The normalized spacial score (nSPS) is 13.9. The van der Waals surface area contributed by atoms with Gasteiger partial charge in [-0.15, -0.1) is 0 Å². The number of aliphatic hydroxyl groups is 1. The molecule has 1 atom stereocenters. The Bertz CT molecular complexity index is 408. The van der Waals surface area contributed by atoms with Gasteiger partial charge in [0.25, 0.3) is 5.91 Å². The van der Waals surface area contributed by atoms with Crippen LogP contribution in [0.5, 0.6) is 0 Å². The monoisotopic (exact) mass is 223 g/mol. The number of aromatic carboxylic acids is 1. The molecule has 0 aromatic heterocycles. The lowest BCUT2D eigenvalue weighted by Crippen LogP contribution is -2.40. The molecule has 16 heavy (non-hydrogen) atoms. The third-order valence-corrected chi connectivity index (χ3v) is 2.36. The first-order chi connectivity index (χ1) is 7.39. The summed E-state index contributed by atoms with van der Waals surface area (Å²) in [4.78, 5) is 22.0.